The zero-order valence-corrected chi connectivity index (χ0v) is 18.7. The summed E-state index contributed by atoms with van der Waals surface area (Å²) < 4.78 is 1.83. The number of carbonyl (C=O) groups excluding carboxylic acids is 1. The molecule has 0 bridgehead atoms. The molecule has 152 valence electrons. The molecule has 6 nitrogen and oxygen atoms in total. The van der Waals surface area contributed by atoms with E-state index >= 15 is 0 Å². The van der Waals surface area contributed by atoms with Gasteiger partial charge in [-0.3, -0.25) is 4.79 Å². The Morgan fingerprint density at radius 1 is 1.17 bits per heavy atom. The number of nitrogens with one attached hydrogen (secondary N) is 1. The molecule has 1 amide bonds. The first-order chi connectivity index (χ1) is 14.5. The smallest absolute Gasteiger partial charge is 0.236 e. The minimum Gasteiger partial charge on any atom is -0.305 e. The van der Waals surface area contributed by atoms with Gasteiger partial charge < -0.3 is 9.88 Å². The van der Waals surface area contributed by atoms with Gasteiger partial charge in [-0.15, -0.1) is 21.5 Å². The first kappa shape index (κ1) is 20.6. The quantitative estimate of drug-likeness (QED) is 0.399. The molecule has 4 aromatic rings. The molecular weight excluding hydrogens is 438 g/mol. The highest BCUT2D eigenvalue weighted by Crippen LogP contribution is 2.29. The van der Waals surface area contributed by atoms with Crippen molar-refractivity contribution in [1.82, 2.24) is 19.7 Å². The van der Waals surface area contributed by atoms with E-state index in [9.17, 15) is 4.79 Å². The van der Waals surface area contributed by atoms with Crippen LogP contribution in [0.25, 0.3) is 22.6 Å². The van der Waals surface area contributed by atoms with Crippen molar-refractivity contribution in [3.05, 3.63) is 64.5 Å². The number of hydrogen-bond donors (Lipinski definition) is 1. The van der Waals surface area contributed by atoms with Crippen LogP contribution >= 0.6 is 34.7 Å². The van der Waals surface area contributed by atoms with Gasteiger partial charge in [0.1, 0.15) is 0 Å². The Morgan fingerprint density at radius 2 is 1.93 bits per heavy atom. The van der Waals surface area contributed by atoms with Gasteiger partial charge in [0.05, 0.1) is 16.5 Å². The minimum absolute atomic E-state index is 0.146. The summed E-state index contributed by atoms with van der Waals surface area (Å²) in [6.45, 7) is 2.04. The molecule has 0 aliphatic carbocycles. The summed E-state index contributed by atoms with van der Waals surface area (Å²) in [4.78, 5) is 16.9. The monoisotopic (exact) mass is 455 g/mol. The average Bonchev–Trinajstić information content (AvgIpc) is 3.34. The van der Waals surface area contributed by atoms with Gasteiger partial charge in [0.15, 0.2) is 16.1 Å². The van der Waals surface area contributed by atoms with Crippen LogP contribution in [0.5, 0.6) is 0 Å². The molecular formula is C21H18ClN5OS2. The minimum atomic E-state index is -0.146. The van der Waals surface area contributed by atoms with E-state index in [1.54, 1.807) is 0 Å². The van der Waals surface area contributed by atoms with Crippen LogP contribution in [0.15, 0.2) is 59.1 Å². The van der Waals surface area contributed by atoms with Crippen molar-refractivity contribution in [1.29, 1.82) is 0 Å². The van der Waals surface area contributed by atoms with Gasteiger partial charge in [-0.1, -0.05) is 65.3 Å². The van der Waals surface area contributed by atoms with Crippen molar-refractivity contribution < 1.29 is 4.79 Å². The lowest BCUT2D eigenvalue weighted by Gasteiger charge is -2.05. The van der Waals surface area contributed by atoms with Crippen LogP contribution in [-0.4, -0.2) is 31.4 Å². The predicted molar refractivity (Wildman–Crippen MR) is 123 cm³/mol. The molecule has 2 aromatic heterocycles. The Bertz CT molecular complexity index is 1190. The molecule has 0 atom stereocenters. The molecule has 0 radical (unpaired) electrons. The lowest BCUT2D eigenvalue weighted by molar-refractivity contribution is -0.113. The summed E-state index contributed by atoms with van der Waals surface area (Å²) in [7, 11) is 1.85. The molecule has 4 rings (SSSR count). The maximum absolute atomic E-state index is 12.4. The summed E-state index contributed by atoms with van der Waals surface area (Å²) in [5, 5.41) is 15.0. The SMILES string of the molecule is Cc1ccc(-c2csc(NC(=O)CSc3nnc(-c4ccccc4Cl)n3C)n2)cc1. The van der Waals surface area contributed by atoms with Crippen LogP contribution in [0.3, 0.4) is 0 Å². The Kier molecular flexibility index (Phi) is 6.17. The number of nitrogens with zero attached hydrogens (tertiary/aromatic N) is 4. The van der Waals surface area contributed by atoms with E-state index in [1.165, 1.54) is 28.7 Å². The lowest BCUT2D eigenvalue weighted by Crippen LogP contribution is -2.14. The summed E-state index contributed by atoms with van der Waals surface area (Å²) in [6.07, 6.45) is 0. The second-order valence-electron chi connectivity index (χ2n) is 6.59. The second kappa shape index (κ2) is 8.99. The molecule has 9 heteroatoms. The molecule has 0 aliphatic rings. The number of halogens is 1. The number of aryl methyl sites for hydroxylation is 1. The molecule has 30 heavy (non-hydrogen) atoms. The number of carbonyl (C=O) groups is 1. The van der Waals surface area contributed by atoms with Gasteiger partial charge in [0.25, 0.3) is 0 Å². The normalized spacial score (nSPS) is 10.9. The van der Waals surface area contributed by atoms with Gasteiger partial charge in [-0.2, -0.15) is 0 Å². The van der Waals surface area contributed by atoms with E-state index in [0.717, 1.165) is 16.8 Å². The van der Waals surface area contributed by atoms with Crippen molar-refractivity contribution in [2.75, 3.05) is 11.1 Å². The standard InChI is InChI=1S/C21H18ClN5OS2/c1-13-7-9-14(10-8-13)17-11-29-20(23-17)24-18(28)12-30-21-26-25-19(27(21)2)15-5-3-4-6-16(15)22/h3-11H,12H2,1-2H3,(H,23,24,28). The molecule has 2 heterocycles. The maximum Gasteiger partial charge on any atom is 0.236 e. The van der Waals surface area contributed by atoms with E-state index in [1.807, 2.05) is 72.4 Å². The van der Waals surface area contributed by atoms with Crippen LogP contribution in [0.1, 0.15) is 5.56 Å². The Labute approximate surface area is 187 Å². The number of rotatable bonds is 6. The predicted octanol–water partition coefficient (Wildman–Crippen LogP) is 5.30. The fourth-order valence-corrected chi connectivity index (χ4v) is 4.46. The molecule has 2 aromatic carbocycles. The molecule has 0 saturated heterocycles. The highest BCUT2D eigenvalue weighted by molar-refractivity contribution is 7.99. The number of anilines is 1. The van der Waals surface area contributed by atoms with E-state index in [2.05, 4.69) is 20.5 Å². The van der Waals surface area contributed by atoms with E-state index in [0.29, 0.717) is 21.1 Å². The second-order valence-corrected chi connectivity index (χ2v) is 8.79. The van der Waals surface area contributed by atoms with Crippen molar-refractivity contribution in [2.24, 2.45) is 7.05 Å². The van der Waals surface area contributed by atoms with Crippen LogP contribution in [-0.2, 0) is 11.8 Å². The van der Waals surface area contributed by atoms with E-state index < -0.39 is 0 Å². The number of thiazole rings is 1. The maximum atomic E-state index is 12.4. The summed E-state index contributed by atoms with van der Waals surface area (Å²) in [5.41, 5.74) is 3.87. The zero-order valence-electron chi connectivity index (χ0n) is 16.3. The van der Waals surface area contributed by atoms with Gasteiger partial charge in [-0.05, 0) is 19.1 Å². The van der Waals surface area contributed by atoms with Crippen molar-refractivity contribution >= 4 is 45.7 Å². The lowest BCUT2D eigenvalue weighted by atomic mass is 10.1. The molecule has 0 spiro atoms. The number of thioether (sulfide) groups is 1. The number of hydrogen-bond acceptors (Lipinski definition) is 6. The molecule has 0 unspecified atom stereocenters. The highest BCUT2D eigenvalue weighted by Gasteiger charge is 2.15. The molecule has 0 fully saturated rings. The van der Waals surface area contributed by atoms with E-state index in [4.69, 9.17) is 11.6 Å². The average molecular weight is 456 g/mol. The van der Waals surface area contributed by atoms with Gasteiger partial charge in [0, 0.05) is 23.6 Å². The first-order valence-corrected chi connectivity index (χ1v) is 11.3. The number of amides is 1. The van der Waals surface area contributed by atoms with E-state index in [-0.39, 0.29) is 11.7 Å². The van der Waals surface area contributed by atoms with Gasteiger partial charge >= 0.3 is 0 Å². The Hall–Kier alpha value is -2.68. The zero-order chi connectivity index (χ0) is 21.1. The van der Waals surface area contributed by atoms with Crippen LogP contribution in [0.2, 0.25) is 5.02 Å². The number of benzene rings is 2. The Balaban J connectivity index is 1.38. The van der Waals surface area contributed by atoms with Crippen LogP contribution < -0.4 is 5.32 Å². The summed E-state index contributed by atoms with van der Waals surface area (Å²) in [6, 6.07) is 15.6. The molecule has 0 aliphatic heterocycles. The van der Waals surface area contributed by atoms with Crippen molar-refractivity contribution in [2.45, 2.75) is 12.1 Å². The fraction of sp³-hybridized carbons (Fsp3) is 0.143. The molecule has 1 N–H and O–H groups in total. The third kappa shape index (κ3) is 4.56. The van der Waals surface area contributed by atoms with Crippen molar-refractivity contribution in [3.8, 4) is 22.6 Å². The summed E-state index contributed by atoms with van der Waals surface area (Å²) in [5.74, 6) is 0.715. The fourth-order valence-electron chi connectivity index (χ4n) is 2.79. The van der Waals surface area contributed by atoms with Crippen LogP contribution in [0, 0.1) is 6.92 Å². The Morgan fingerprint density at radius 3 is 2.70 bits per heavy atom. The topological polar surface area (TPSA) is 72.7 Å². The van der Waals surface area contributed by atoms with Crippen LogP contribution in [0.4, 0.5) is 5.13 Å². The van der Waals surface area contributed by atoms with Crippen molar-refractivity contribution in [3.63, 3.8) is 0 Å². The number of aromatic nitrogens is 4. The van der Waals surface area contributed by atoms with Gasteiger partial charge in [-0.25, -0.2) is 4.98 Å². The first-order valence-electron chi connectivity index (χ1n) is 9.11. The third-order valence-corrected chi connectivity index (χ3v) is 6.49. The third-order valence-electron chi connectivity index (χ3n) is 4.38. The van der Waals surface area contributed by atoms with Gasteiger partial charge in [0.2, 0.25) is 5.91 Å². The highest BCUT2D eigenvalue weighted by atomic mass is 35.5. The largest absolute Gasteiger partial charge is 0.305 e. The molecule has 0 saturated carbocycles. The summed E-state index contributed by atoms with van der Waals surface area (Å²) >= 11 is 8.97.